The zero-order chi connectivity index (χ0) is 16.3. The molecule has 0 aliphatic rings. The molecule has 0 aliphatic heterocycles. The lowest BCUT2D eigenvalue weighted by molar-refractivity contribution is 0.565. The van der Waals surface area contributed by atoms with E-state index in [9.17, 15) is 8.42 Å². The second-order valence-corrected chi connectivity index (χ2v) is 7.70. The summed E-state index contributed by atoms with van der Waals surface area (Å²) in [7, 11) is -3.37. The molecular weight excluding hydrogens is 294 g/mol. The Hall–Kier alpha value is -1.65. The van der Waals surface area contributed by atoms with Gasteiger partial charge in [0.2, 0.25) is 10.0 Å². The van der Waals surface area contributed by atoms with Crippen molar-refractivity contribution in [2.24, 2.45) is 0 Å². The van der Waals surface area contributed by atoms with Crippen LogP contribution in [0.4, 0.5) is 0 Å². The molecule has 0 aliphatic carbocycles. The number of aryl methyl sites for hydroxylation is 3. The van der Waals surface area contributed by atoms with Crippen LogP contribution in [-0.2, 0) is 15.8 Å². The van der Waals surface area contributed by atoms with Gasteiger partial charge in [-0.25, -0.2) is 13.1 Å². The van der Waals surface area contributed by atoms with Crippen molar-refractivity contribution < 1.29 is 8.42 Å². The lowest BCUT2D eigenvalue weighted by atomic mass is 10.0. The van der Waals surface area contributed by atoms with E-state index in [2.05, 4.69) is 10.8 Å². The maximum Gasteiger partial charge on any atom is 0.216 e. The molecule has 118 valence electrons. The third-order valence-corrected chi connectivity index (χ3v) is 5.15. The number of hydrogen-bond acceptors (Lipinski definition) is 2. The summed E-state index contributed by atoms with van der Waals surface area (Å²) in [6.07, 6.45) is 0. The topological polar surface area (TPSA) is 46.2 Å². The molecule has 0 fully saturated rings. The second kappa shape index (κ2) is 6.63. The Kier molecular flexibility index (Phi) is 5.04. The zero-order valence-electron chi connectivity index (χ0n) is 13.6. The molecule has 2 aromatic rings. The molecule has 0 spiro atoms. The summed E-state index contributed by atoms with van der Waals surface area (Å²) in [6.45, 7) is 7.90. The fourth-order valence-electron chi connectivity index (χ4n) is 2.59. The summed E-state index contributed by atoms with van der Waals surface area (Å²) in [5, 5.41) is 0. The Bertz CT molecular complexity index is 749. The molecule has 0 heterocycles. The van der Waals surface area contributed by atoms with Crippen LogP contribution in [0.1, 0.15) is 40.8 Å². The van der Waals surface area contributed by atoms with Gasteiger partial charge in [0.25, 0.3) is 0 Å². The SMILES string of the molecule is Cc1ccc(CS(=O)(=O)N[C@@H](C)c2ccc(C)cc2C)cc1. The first-order valence-electron chi connectivity index (χ1n) is 7.39. The van der Waals surface area contributed by atoms with Crippen molar-refractivity contribution in [3.63, 3.8) is 0 Å². The van der Waals surface area contributed by atoms with Crippen molar-refractivity contribution in [2.75, 3.05) is 0 Å². The summed E-state index contributed by atoms with van der Waals surface area (Å²) in [5.41, 5.74) is 5.21. The molecule has 2 rings (SSSR count). The van der Waals surface area contributed by atoms with Crippen molar-refractivity contribution in [3.05, 3.63) is 70.3 Å². The van der Waals surface area contributed by atoms with Crippen LogP contribution in [-0.4, -0.2) is 8.42 Å². The van der Waals surface area contributed by atoms with Crippen LogP contribution in [0.15, 0.2) is 42.5 Å². The minimum atomic E-state index is -3.37. The van der Waals surface area contributed by atoms with Crippen LogP contribution < -0.4 is 4.72 Å². The van der Waals surface area contributed by atoms with Gasteiger partial charge in [-0.2, -0.15) is 0 Å². The molecule has 1 N–H and O–H groups in total. The van der Waals surface area contributed by atoms with Crippen molar-refractivity contribution in [3.8, 4) is 0 Å². The average molecular weight is 317 g/mol. The Morgan fingerprint density at radius 2 is 1.55 bits per heavy atom. The molecule has 0 aromatic heterocycles. The van der Waals surface area contributed by atoms with Crippen LogP contribution in [0.25, 0.3) is 0 Å². The van der Waals surface area contributed by atoms with Crippen molar-refractivity contribution in [1.29, 1.82) is 0 Å². The Morgan fingerprint density at radius 1 is 0.955 bits per heavy atom. The van der Waals surface area contributed by atoms with E-state index in [4.69, 9.17) is 0 Å². The molecule has 0 unspecified atom stereocenters. The highest BCUT2D eigenvalue weighted by molar-refractivity contribution is 7.88. The third-order valence-electron chi connectivity index (χ3n) is 3.73. The van der Waals surface area contributed by atoms with Gasteiger partial charge in [0.1, 0.15) is 0 Å². The summed E-state index contributed by atoms with van der Waals surface area (Å²) in [6, 6.07) is 13.4. The van der Waals surface area contributed by atoms with Gasteiger partial charge in [-0.1, -0.05) is 53.6 Å². The first-order chi connectivity index (χ1) is 10.3. The van der Waals surface area contributed by atoms with Gasteiger partial charge < -0.3 is 0 Å². The number of sulfonamides is 1. The average Bonchev–Trinajstić information content (AvgIpc) is 2.40. The minimum absolute atomic E-state index is 0.00251. The van der Waals surface area contributed by atoms with Gasteiger partial charge >= 0.3 is 0 Å². The van der Waals surface area contributed by atoms with Crippen LogP contribution in [0.3, 0.4) is 0 Å². The minimum Gasteiger partial charge on any atom is -0.212 e. The zero-order valence-corrected chi connectivity index (χ0v) is 14.4. The lowest BCUT2D eigenvalue weighted by Crippen LogP contribution is -2.28. The maximum atomic E-state index is 12.3. The summed E-state index contributed by atoms with van der Waals surface area (Å²) >= 11 is 0. The highest BCUT2D eigenvalue weighted by Crippen LogP contribution is 2.20. The lowest BCUT2D eigenvalue weighted by Gasteiger charge is -2.17. The number of rotatable bonds is 5. The first kappa shape index (κ1) is 16.7. The number of hydrogen-bond donors (Lipinski definition) is 1. The monoisotopic (exact) mass is 317 g/mol. The second-order valence-electron chi connectivity index (χ2n) is 5.94. The van der Waals surface area contributed by atoms with Crippen LogP contribution in [0.2, 0.25) is 0 Å². The van der Waals surface area contributed by atoms with Gasteiger partial charge in [-0.3, -0.25) is 0 Å². The largest absolute Gasteiger partial charge is 0.216 e. The quantitative estimate of drug-likeness (QED) is 0.912. The maximum absolute atomic E-state index is 12.3. The van der Waals surface area contributed by atoms with E-state index in [1.807, 2.05) is 64.1 Å². The summed E-state index contributed by atoms with van der Waals surface area (Å²) < 4.78 is 27.4. The Morgan fingerprint density at radius 3 is 2.14 bits per heavy atom. The molecule has 0 amide bonds. The summed E-state index contributed by atoms with van der Waals surface area (Å²) in [5.74, 6) is 0.00251. The van der Waals surface area contributed by atoms with Gasteiger partial charge in [0.05, 0.1) is 5.75 Å². The van der Waals surface area contributed by atoms with Crippen molar-refractivity contribution in [1.82, 2.24) is 4.72 Å². The van der Waals surface area contributed by atoms with Crippen LogP contribution in [0, 0.1) is 20.8 Å². The number of nitrogens with one attached hydrogen (secondary N) is 1. The van der Waals surface area contributed by atoms with E-state index in [0.717, 1.165) is 22.3 Å². The van der Waals surface area contributed by atoms with Gasteiger partial charge in [-0.05, 0) is 44.4 Å². The van der Waals surface area contributed by atoms with Gasteiger partial charge in [0, 0.05) is 6.04 Å². The third kappa shape index (κ3) is 4.42. The molecule has 2 aromatic carbocycles. The van der Waals surface area contributed by atoms with Crippen LogP contribution >= 0.6 is 0 Å². The molecule has 4 heteroatoms. The molecular formula is C18H23NO2S. The van der Waals surface area contributed by atoms with Crippen molar-refractivity contribution in [2.45, 2.75) is 39.5 Å². The normalized spacial score (nSPS) is 13.1. The molecule has 3 nitrogen and oxygen atoms in total. The van der Waals surface area contributed by atoms with E-state index in [1.54, 1.807) is 0 Å². The molecule has 0 bridgehead atoms. The summed E-state index contributed by atoms with van der Waals surface area (Å²) in [4.78, 5) is 0. The van der Waals surface area contributed by atoms with E-state index < -0.39 is 10.0 Å². The predicted molar refractivity (Wildman–Crippen MR) is 91.3 cm³/mol. The van der Waals surface area contributed by atoms with E-state index in [-0.39, 0.29) is 11.8 Å². The van der Waals surface area contributed by atoms with Gasteiger partial charge in [-0.15, -0.1) is 0 Å². The fourth-order valence-corrected chi connectivity index (χ4v) is 3.97. The molecule has 0 radical (unpaired) electrons. The first-order valence-corrected chi connectivity index (χ1v) is 9.05. The Balaban J connectivity index is 2.12. The molecule has 1 atom stereocenters. The van der Waals surface area contributed by atoms with E-state index in [0.29, 0.717) is 0 Å². The molecule has 0 saturated carbocycles. The molecule has 0 saturated heterocycles. The Labute approximate surface area is 133 Å². The standard InChI is InChI=1S/C18H23NO2S/c1-13-5-8-17(9-6-13)12-22(20,21)19-16(4)18-10-7-14(2)11-15(18)3/h5-11,16,19H,12H2,1-4H3/t16-/m0/s1. The fraction of sp³-hybridized carbons (Fsp3) is 0.333. The molecule has 22 heavy (non-hydrogen) atoms. The predicted octanol–water partition coefficient (Wildman–Crippen LogP) is 3.79. The van der Waals surface area contributed by atoms with E-state index in [1.165, 1.54) is 5.56 Å². The van der Waals surface area contributed by atoms with E-state index >= 15 is 0 Å². The van der Waals surface area contributed by atoms with Gasteiger partial charge in [0.15, 0.2) is 0 Å². The van der Waals surface area contributed by atoms with Crippen LogP contribution in [0.5, 0.6) is 0 Å². The number of benzene rings is 2. The highest BCUT2D eigenvalue weighted by atomic mass is 32.2. The highest BCUT2D eigenvalue weighted by Gasteiger charge is 2.17. The smallest absolute Gasteiger partial charge is 0.212 e. The van der Waals surface area contributed by atoms with Crippen molar-refractivity contribution >= 4 is 10.0 Å².